The molecule has 0 aromatic heterocycles. The molecule has 1 aliphatic rings. The maximum Gasteiger partial charge on any atom is 0.240 e. The lowest BCUT2D eigenvalue weighted by Crippen LogP contribution is -2.42. The molecular formula is C15H19ClN2O3. The van der Waals surface area contributed by atoms with E-state index in [2.05, 4.69) is 5.32 Å². The summed E-state index contributed by atoms with van der Waals surface area (Å²) in [5.74, 6) is -0.412. The standard InChI is InChI=1S/C15H19ClN2O3/c1-11(19)18(13-5-2-4-12(16)8-13)10-15(20)17-9-14-6-3-7-21-14/h2,4-5,8,14H,3,6-7,9-10H2,1H3,(H,17,20). The first kappa shape index (κ1) is 15.8. The summed E-state index contributed by atoms with van der Waals surface area (Å²) >= 11 is 5.92. The molecule has 2 rings (SSSR count). The Balaban J connectivity index is 1.92. The van der Waals surface area contributed by atoms with Crippen LogP contribution in [-0.4, -0.2) is 37.6 Å². The molecular weight excluding hydrogens is 292 g/mol. The summed E-state index contributed by atoms with van der Waals surface area (Å²) in [7, 11) is 0. The number of nitrogens with one attached hydrogen (secondary N) is 1. The smallest absolute Gasteiger partial charge is 0.240 e. The van der Waals surface area contributed by atoms with Crippen molar-refractivity contribution in [2.75, 3.05) is 24.6 Å². The van der Waals surface area contributed by atoms with Gasteiger partial charge in [0, 0.05) is 30.8 Å². The van der Waals surface area contributed by atoms with Gasteiger partial charge in [-0.05, 0) is 31.0 Å². The first-order valence-electron chi connectivity index (χ1n) is 6.98. The van der Waals surface area contributed by atoms with E-state index in [9.17, 15) is 9.59 Å². The van der Waals surface area contributed by atoms with Gasteiger partial charge in [-0.15, -0.1) is 0 Å². The summed E-state index contributed by atoms with van der Waals surface area (Å²) in [6, 6.07) is 6.88. The maximum atomic E-state index is 12.0. The molecule has 5 nitrogen and oxygen atoms in total. The Hall–Kier alpha value is -1.59. The zero-order valence-corrected chi connectivity index (χ0v) is 12.7. The third-order valence-electron chi connectivity index (χ3n) is 3.35. The van der Waals surface area contributed by atoms with Crippen LogP contribution in [0.5, 0.6) is 0 Å². The van der Waals surface area contributed by atoms with Crippen molar-refractivity contribution in [3.05, 3.63) is 29.3 Å². The van der Waals surface area contributed by atoms with Gasteiger partial charge in [0.1, 0.15) is 6.54 Å². The molecule has 21 heavy (non-hydrogen) atoms. The highest BCUT2D eigenvalue weighted by Crippen LogP contribution is 2.19. The second kappa shape index (κ2) is 7.43. The minimum absolute atomic E-state index is 0.0254. The topological polar surface area (TPSA) is 58.6 Å². The normalized spacial score (nSPS) is 17.5. The molecule has 0 bridgehead atoms. The van der Waals surface area contributed by atoms with Crippen LogP contribution in [0.3, 0.4) is 0 Å². The molecule has 1 heterocycles. The van der Waals surface area contributed by atoms with Crippen molar-refractivity contribution in [2.24, 2.45) is 0 Å². The van der Waals surface area contributed by atoms with E-state index in [1.165, 1.54) is 11.8 Å². The number of hydrogen-bond donors (Lipinski definition) is 1. The fraction of sp³-hybridized carbons (Fsp3) is 0.467. The summed E-state index contributed by atoms with van der Waals surface area (Å²) in [5.41, 5.74) is 0.613. The molecule has 1 aliphatic heterocycles. The lowest BCUT2D eigenvalue weighted by molar-refractivity contribution is -0.123. The highest BCUT2D eigenvalue weighted by molar-refractivity contribution is 6.30. The SMILES string of the molecule is CC(=O)N(CC(=O)NCC1CCCO1)c1cccc(Cl)c1. The fourth-order valence-corrected chi connectivity index (χ4v) is 2.45. The third-order valence-corrected chi connectivity index (χ3v) is 3.59. The van der Waals surface area contributed by atoms with E-state index in [0.29, 0.717) is 17.3 Å². The van der Waals surface area contributed by atoms with Crippen LogP contribution in [0.1, 0.15) is 19.8 Å². The van der Waals surface area contributed by atoms with Crippen molar-refractivity contribution in [2.45, 2.75) is 25.9 Å². The molecule has 114 valence electrons. The minimum atomic E-state index is -0.208. The molecule has 1 aromatic carbocycles. The van der Waals surface area contributed by atoms with Crippen LogP contribution in [-0.2, 0) is 14.3 Å². The predicted octanol–water partition coefficient (Wildman–Crippen LogP) is 1.99. The number of ether oxygens (including phenoxy) is 1. The molecule has 2 amide bonds. The number of nitrogens with zero attached hydrogens (tertiary/aromatic N) is 1. The Morgan fingerprint density at radius 2 is 2.29 bits per heavy atom. The lowest BCUT2D eigenvalue weighted by Gasteiger charge is -2.21. The lowest BCUT2D eigenvalue weighted by atomic mass is 10.2. The van der Waals surface area contributed by atoms with Gasteiger partial charge in [-0.25, -0.2) is 0 Å². The van der Waals surface area contributed by atoms with Crippen LogP contribution in [0, 0.1) is 0 Å². The van der Waals surface area contributed by atoms with Gasteiger partial charge in [0.25, 0.3) is 0 Å². The summed E-state index contributed by atoms with van der Waals surface area (Å²) in [6.07, 6.45) is 2.08. The monoisotopic (exact) mass is 310 g/mol. The average Bonchev–Trinajstić information content (AvgIpc) is 2.95. The number of rotatable bonds is 5. The highest BCUT2D eigenvalue weighted by Gasteiger charge is 2.19. The third kappa shape index (κ3) is 4.72. The van der Waals surface area contributed by atoms with Crippen LogP contribution < -0.4 is 10.2 Å². The van der Waals surface area contributed by atoms with Gasteiger partial charge in [-0.2, -0.15) is 0 Å². The summed E-state index contributed by atoms with van der Waals surface area (Å²) < 4.78 is 5.44. The van der Waals surface area contributed by atoms with Crippen LogP contribution in [0.4, 0.5) is 5.69 Å². The summed E-state index contributed by atoms with van der Waals surface area (Å²) in [4.78, 5) is 25.1. The molecule has 0 saturated carbocycles. The fourth-order valence-electron chi connectivity index (χ4n) is 2.26. The number of carbonyl (C=O) groups is 2. The predicted molar refractivity (Wildman–Crippen MR) is 81.5 cm³/mol. The van der Waals surface area contributed by atoms with Crippen molar-refractivity contribution in [3.8, 4) is 0 Å². The van der Waals surface area contributed by atoms with Gasteiger partial charge >= 0.3 is 0 Å². The van der Waals surface area contributed by atoms with Crippen molar-refractivity contribution in [1.82, 2.24) is 5.32 Å². The molecule has 1 saturated heterocycles. The second-order valence-electron chi connectivity index (χ2n) is 5.02. The van der Waals surface area contributed by atoms with Crippen molar-refractivity contribution in [1.29, 1.82) is 0 Å². The number of amides is 2. The minimum Gasteiger partial charge on any atom is -0.376 e. The Kier molecular flexibility index (Phi) is 5.59. The molecule has 0 spiro atoms. The van der Waals surface area contributed by atoms with E-state index in [1.807, 2.05) is 0 Å². The number of hydrogen-bond acceptors (Lipinski definition) is 3. The molecule has 1 fully saturated rings. The van der Waals surface area contributed by atoms with E-state index >= 15 is 0 Å². The number of anilines is 1. The Bertz CT molecular complexity index is 515. The molecule has 1 unspecified atom stereocenters. The quantitative estimate of drug-likeness (QED) is 0.905. The van der Waals surface area contributed by atoms with Gasteiger partial charge in [-0.3, -0.25) is 9.59 Å². The first-order chi connectivity index (χ1) is 10.1. The number of halogens is 1. The molecule has 1 atom stereocenters. The Labute approximate surface area is 129 Å². The zero-order chi connectivity index (χ0) is 15.2. The van der Waals surface area contributed by atoms with Crippen LogP contribution >= 0.6 is 11.6 Å². The van der Waals surface area contributed by atoms with Crippen LogP contribution in [0.25, 0.3) is 0 Å². The van der Waals surface area contributed by atoms with Gasteiger partial charge < -0.3 is 15.0 Å². The maximum absolute atomic E-state index is 12.0. The van der Waals surface area contributed by atoms with E-state index in [1.54, 1.807) is 24.3 Å². The van der Waals surface area contributed by atoms with Crippen molar-refractivity contribution in [3.63, 3.8) is 0 Å². The van der Waals surface area contributed by atoms with Crippen molar-refractivity contribution >= 4 is 29.1 Å². The second-order valence-corrected chi connectivity index (χ2v) is 5.46. The van der Waals surface area contributed by atoms with Crippen LogP contribution in [0.15, 0.2) is 24.3 Å². The van der Waals surface area contributed by atoms with Gasteiger partial charge in [0.15, 0.2) is 0 Å². The summed E-state index contributed by atoms with van der Waals surface area (Å²) in [5, 5.41) is 3.33. The van der Waals surface area contributed by atoms with Gasteiger partial charge in [0.2, 0.25) is 11.8 Å². The van der Waals surface area contributed by atoms with E-state index in [-0.39, 0.29) is 24.5 Å². The van der Waals surface area contributed by atoms with Crippen LogP contribution in [0.2, 0.25) is 5.02 Å². The molecule has 1 N–H and O–H groups in total. The highest BCUT2D eigenvalue weighted by atomic mass is 35.5. The number of carbonyl (C=O) groups excluding carboxylic acids is 2. The molecule has 0 aliphatic carbocycles. The Morgan fingerprint density at radius 1 is 1.48 bits per heavy atom. The van der Waals surface area contributed by atoms with Crippen molar-refractivity contribution < 1.29 is 14.3 Å². The van der Waals surface area contributed by atoms with E-state index < -0.39 is 0 Å². The van der Waals surface area contributed by atoms with E-state index in [4.69, 9.17) is 16.3 Å². The first-order valence-corrected chi connectivity index (χ1v) is 7.36. The number of benzene rings is 1. The Morgan fingerprint density at radius 3 is 2.90 bits per heavy atom. The summed E-state index contributed by atoms with van der Waals surface area (Å²) in [6.45, 7) is 2.64. The molecule has 6 heteroatoms. The van der Waals surface area contributed by atoms with Gasteiger partial charge in [-0.1, -0.05) is 17.7 Å². The molecule has 1 aromatic rings. The largest absolute Gasteiger partial charge is 0.376 e. The van der Waals surface area contributed by atoms with E-state index in [0.717, 1.165) is 19.4 Å². The average molecular weight is 311 g/mol. The van der Waals surface area contributed by atoms with Gasteiger partial charge in [0.05, 0.1) is 6.10 Å². The molecule has 0 radical (unpaired) electrons. The zero-order valence-electron chi connectivity index (χ0n) is 12.0.